The quantitative estimate of drug-likeness (QED) is 0.429. The molecule has 0 radical (unpaired) electrons. The average molecular weight is 490 g/mol. The third-order valence-electron chi connectivity index (χ3n) is 6.95. The Balaban J connectivity index is 1.45. The van der Waals surface area contributed by atoms with Gasteiger partial charge < -0.3 is 9.72 Å². The van der Waals surface area contributed by atoms with Gasteiger partial charge in [-0.05, 0) is 19.9 Å². The van der Waals surface area contributed by atoms with Crippen LogP contribution in [0.5, 0.6) is 5.75 Å². The lowest BCUT2D eigenvalue weighted by Gasteiger charge is -2.39. The fraction of sp³-hybridized carbons (Fsp3) is 0.481. The number of para-hydroxylation sites is 1. The van der Waals surface area contributed by atoms with E-state index in [4.69, 9.17) is 4.74 Å². The van der Waals surface area contributed by atoms with Gasteiger partial charge in [-0.1, -0.05) is 18.2 Å². The number of nitrogens with zero attached hydrogens (tertiary/aromatic N) is 2. The molecule has 1 N–H and O–H groups in total. The van der Waals surface area contributed by atoms with Crippen molar-refractivity contribution in [1.82, 2.24) is 14.8 Å². The molecule has 1 saturated heterocycles. The van der Waals surface area contributed by atoms with Crippen molar-refractivity contribution in [3.63, 3.8) is 0 Å². The number of benzene rings is 2. The molecule has 1 unspecified atom stereocenters. The maximum Gasteiger partial charge on any atom is 0.134 e. The van der Waals surface area contributed by atoms with E-state index in [1.807, 2.05) is 34.1 Å². The van der Waals surface area contributed by atoms with Crippen LogP contribution < -0.4 is 4.74 Å². The van der Waals surface area contributed by atoms with Gasteiger partial charge >= 0.3 is 0 Å². The molecule has 35 heavy (non-hydrogen) atoms. The highest BCUT2D eigenvalue weighted by Crippen LogP contribution is 2.43. The molecule has 8 heteroatoms. The molecule has 2 aliphatic heterocycles. The van der Waals surface area contributed by atoms with Crippen LogP contribution in [0.4, 0.5) is 17.6 Å². The van der Waals surface area contributed by atoms with Gasteiger partial charge in [0.25, 0.3) is 0 Å². The van der Waals surface area contributed by atoms with Gasteiger partial charge in [0.2, 0.25) is 0 Å². The van der Waals surface area contributed by atoms with Crippen LogP contribution >= 0.6 is 0 Å². The highest BCUT2D eigenvalue weighted by Gasteiger charge is 2.38. The normalized spacial score (nSPS) is 19.7. The number of nitrogens with one attached hydrogen (secondary N) is 1. The number of hydrogen-bond acceptors (Lipinski definition) is 3. The summed E-state index contributed by atoms with van der Waals surface area (Å²) in [4.78, 5) is 7.26. The Morgan fingerprint density at radius 2 is 1.80 bits per heavy atom. The number of halogens is 4. The second-order valence-electron chi connectivity index (χ2n) is 10.3. The number of ether oxygens (including phenoxy) is 1. The summed E-state index contributed by atoms with van der Waals surface area (Å²) in [6, 6.07) is 9.32. The van der Waals surface area contributed by atoms with Crippen LogP contribution in [-0.4, -0.2) is 66.5 Å². The van der Waals surface area contributed by atoms with E-state index >= 15 is 8.78 Å². The Kier molecular flexibility index (Phi) is 6.53. The summed E-state index contributed by atoms with van der Waals surface area (Å²) in [6.07, 6.45) is 0.640. The zero-order valence-corrected chi connectivity index (χ0v) is 20.1. The Morgan fingerprint density at radius 3 is 2.49 bits per heavy atom. The highest BCUT2D eigenvalue weighted by atomic mass is 19.1. The van der Waals surface area contributed by atoms with Gasteiger partial charge in [-0.3, -0.25) is 14.2 Å². The Labute approximate surface area is 202 Å². The number of alkyl halides is 2. The van der Waals surface area contributed by atoms with E-state index in [2.05, 4.69) is 4.98 Å². The number of aromatic amines is 1. The van der Waals surface area contributed by atoms with Gasteiger partial charge in [-0.15, -0.1) is 0 Å². The summed E-state index contributed by atoms with van der Waals surface area (Å²) in [6.45, 7) is 5.34. The van der Waals surface area contributed by atoms with Crippen molar-refractivity contribution >= 4 is 10.9 Å². The maximum atomic E-state index is 15.6. The predicted octanol–water partition coefficient (Wildman–Crippen LogP) is 5.42. The van der Waals surface area contributed by atoms with Crippen LogP contribution in [0, 0.1) is 17.6 Å². The first-order valence-electron chi connectivity index (χ1n) is 12.2. The number of fused-ring (bicyclic) bond motifs is 3. The third-order valence-corrected chi connectivity index (χ3v) is 6.95. The number of aromatic nitrogens is 1. The lowest BCUT2D eigenvalue weighted by Crippen LogP contribution is -2.49. The van der Waals surface area contributed by atoms with Gasteiger partial charge in [-0.2, -0.15) is 0 Å². The molecule has 3 heterocycles. The van der Waals surface area contributed by atoms with Crippen LogP contribution in [0.15, 0.2) is 36.4 Å². The summed E-state index contributed by atoms with van der Waals surface area (Å²) >= 11 is 0. The number of hydrogen-bond donors (Lipinski definition) is 1. The predicted molar refractivity (Wildman–Crippen MR) is 128 cm³/mol. The van der Waals surface area contributed by atoms with E-state index in [0.717, 1.165) is 22.2 Å². The fourth-order valence-electron chi connectivity index (χ4n) is 5.43. The zero-order chi connectivity index (χ0) is 24.7. The fourth-order valence-corrected chi connectivity index (χ4v) is 5.43. The monoisotopic (exact) mass is 489 g/mol. The Bertz CT molecular complexity index is 1180. The second kappa shape index (κ2) is 9.47. The molecule has 4 nitrogen and oxygen atoms in total. The van der Waals surface area contributed by atoms with Crippen LogP contribution in [0.3, 0.4) is 0 Å². The summed E-state index contributed by atoms with van der Waals surface area (Å²) in [7, 11) is 0. The van der Waals surface area contributed by atoms with Gasteiger partial charge in [0.05, 0.1) is 12.7 Å². The maximum absolute atomic E-state index is 15.6. The van der Waals surface area contributed by atoms with Crippen LogP contribution in [0.2, 0.25) is 0 Å². The largest absolute Gasteiger partial charge is 0.492 e. The van der Waals surface area contributed by atoms with Crippen LogP contribution in [0.1, 0.15) is 36.7 Å². The van der Waals surface area contributed by atoms with Gasteiger partial charge in [-0.25, -0.2) is 13.2 Å². The minimum Gasteiger partial charge on any atom is -0.492 e. The molecule has 0 amide bonds. The minimum absolute atomic E-state index is 0.0451. The molecule has 0 saturated carbocycles. The molecule has 0 spiro atoms. The van der Waals surface area contributed by atoms with Crippen molar-refractivity contribution < 1.29 is 22.3 Å². The van der Waals surface area contributed by atoms with Crippen molar-refractivity contribution in [1.29, 1.82) is 0 Å². The van der Waals surface area contributed by atoms with Gasteiger partial charge in [0, 0.05) is 84.9 Å². The molecule has 0 bridgehead atoms. The van der Waals surface area contributed by atoms with E-state index in [-0.39, 0.29) is 37.1 Å². The SMILES string of the molecule is CC(C)(F)CN1CCc2[nH]c3ccccc3c2C1c1c(F)cc(OCCN2CC(CF)C2)cc1F. The van der Waals surface area contributed by atoms with E-state index in [0.29, 0.717) is 32.6 Å². The molecular weight excluding hydrogens is 458 g/mol. The number of rotatable bonds is 8. The van der Waals surface area contributed by atoms with E-state index in [1.54, 1.807) is 0 Å². The standard InChI is InChI=1S/C27H31F4N3O/c1-27(2,31)16-34-8-7-23-24(19-5-3-4-6-22(19)32-23)26(34)25-20(29)11-18(12-21(25)30)35-10-9-33-14-17(13-28)15-33/h3-6,11-12,17,26,32H,7-10,13-16H2,1-2H3. The van der Waals surface area contributed by atoms with Gasteiger partial charge in [0.15, 0.2) is 0 Å². The smallest absolute Gasteiger partial charge is 0.134 e. The summed E-state index contributed by atoms with van der Waals surface area (Å²) < 4.78 is 64.1. The lowest BCUT2D eigenvalue weighted by molar-refractivity contribution is 0.0667. The highest BCUT2D eigenvalue weighted by molar-refractivity contribution is 5.86. The van der Waals surface area contributed by atoms with Crippen molar-refractivity contribution in [3.05, 3.63) is 64.9 Å². The Morgan fingerprint density at radius 1 is 1.09 bits per heavy atom. The molecule has 3 aromatic rings. The van der Waals surface area contributed by atoms with Crippen LogP contribution in [-0.2, 0) is 6.42 Å². The van der Waals surface area contributed by atoms with Crippen molar-refractivity contribution in [2.45, 2.75) is 32.0 Å². The van der Waals surface area contributed by atoms with E-state index in [1.165, 1.54) is 26.0 Å². The topological polar surface area (TPSA) is 31.5 Å². The average Bonchev–Trinajstić information content (AvgIpc) is 3.14. The molecule has 1 atom stereocenters. The van der Waals surface area contributed by atoms with Crippen molar-refractivity contribution in [2.24, 2.45) is 5.92 Å². The van der Waals surface area contributed by atoms with Gasteiger partial charge in [0.1, 0.15) is 29.7 Å². The van der Waals surface area contributed by atoms with E-state index in [9.17, 15) is 8.78 Å². The first-order valence-corrected chi connectivity index (χ1v) is 12.2. The summed E-state index contributed by atoms with van der Waals surface area (Å²) in [5, 5.41) is 0.883. The second-order valence-corrected chi connectivity index (χ2v) is 10.3. The van der Waals surface area contributed by atoms with Crippen molar-refractivity contribution in [2.75, 3.05) is 46.0 Å². The molecule has 188 valence electrons. The molecule has 2 aliphatic rings. The van der Waals surface area contributed by atoms with Crippen LogP contribution in [0.25, 0.3) is 10.9 Å². The molecule has 0 aliphatic carbocycles. The first-order chi connectivity index (χ1) is 16.7. The number of H-pyrrole nitrogens is 1. The molecule has 1 aromatic heterocycles. The summed E-state index contributed by atoms with van der Waals surface area (Å²) in [5.74, 6) is -1.25. The molecule has 2 aromatic carbocycles. The Hall–Kier alpha value is -2.58. The summed E-state index contributed by atoms with van der Waals surface area (Å²) in [5.41, 5.74) is 0.981. The zero-order valence-electron chi connectivity index (χ0n) is 20.1. The third kappa shape index (κ3) is 4.91. The minimum atomic E-state index is -1.53. The molecular formula is C27H31F4N3O. The first kappa shape index (κ1) is 24.1. The van der Waals surface area contributed by atoms with Crippen molar-refractivity contribution in [3.8, 4) is 5.75 Å². The van der Waals surface area contributed by atoms with E-state index < -0.39 is 23.3 Å². The number of likely N-dealkylation sites (tertiary alicyclic amines) is 1. The molecule has 1 fully saturated rings. The lowest BCUT2D eigenvalue weighted by atomic mass is 9.88. The molecule has 5 rings (SSSR count).